The Morgan fingerprint density at radius 3 is 2.20 bits per heavy atom. The quantitative estimate of drug-likeness (QED) is 0.489. The number of aliphatic hydroxyl groups is 1. The first kappa shape index (κ1) is 9.66. The maximum Gasteiger partial charge on any atom is 0.0686 e. The van der Waals surface area contributed by atoms with Crippen LogP contribution in [0.15, 0.2) is 23.9 Å². The molecule has 0 unspecified atom stereocenters. The molecule has 0 aliphatic rings. The van der Waals surface area contributed by atoms with Crippen molar-refractivity contribution in [2.45, 2.75) is 19.6 Å². The van der Waals surface area contributed by atoms with E-state index in [0.717, 1.165) is 0 Å². The fourth-order valence-corrected chi connectivity index (χ4v) is 1.17. The van der Waals surface area contributed by atoms with E-state index in [2.05, 4.69) is 25.3 Å². The summed E-state index contributed by atoms with van der Waals surface area (Å²) in [6.07, 6.45) is 5.64. The maximum atomic E-state index is 8.39. The van der Waals surface area contributed by atoms with Crippen LogP contribution in [0.2, 0.25) is 19.6 Å². The van der Waals surface area contributed by atoms with Gasteiger partial charge in [0, 0.05) is 0 Å². The van der Waals surface area contributed by atoms with Crippen molar-refractivity contribution >= 4 is 8.07 Å². The molecule has 0 spiro atoms. The highest BCUT2D eigenvalue weighted by atomic mass is 28.3. The van der Waals surface area contributed by atoms with Crippen molar-refractivity contribution in [3.63, 3.8) is 0 Å². The lowest BCUT2D eigenvalue weighted by atomic mass is 10.5. The lowest BCUT2D eigenvalue weighted by Gasteiger charge is -2.06. The summed E-state index contributed by atoms with van der Waals surface area (Å²) in [6, 6.07) is 0. The fraction of sp³-hybridized carbons (Fsp3) is 0.500. The van der Waals surface area contributed by atoms with Gasteiger partial charge >= 0.3 is 0 Å². The largest absolute Gasteiger partial charge is 0.392 e. The van der Waals surface area contributed by atoms with Crippen LogP contribution >= 0.6 is 0 Å². The second kappa shape index (κ2) is 4.47. The summed E-state index contributed by atoms with van der Waals surface area (Å²) in [5.41, 5.74) is 2.24. The summed E-state index contributed by atoms with van der Waals surface area (Å²) >= 11 is 0. The molecule has 0 saturated carbocycles. The Bertz CT molecular complexity index is 131. The molecule has 0 aliphatic heterocycles. The van der Waals surface area contributed by atoms with E-state index in [1.807, 2.05) is 12.2 Å². The predicted molar refractivity (Wildman–Crippen MR) is 48.7 cm³/mol. The van der Waals surface area contributed by atoms with E-state index < -0.39 is 8.07 Å². The molecular weight excluding hydrogens is 140 g/mol. The summed E-state index contributed by atoms with van der Waals surface area (Å²) in [6.45, 7) is 6.96. The van der Waals surface area contributed by atoms with Crippen LogP contribution < -0.4 is 0 Å². The minimum Gasteiger partial charge on any atom is -0.392 e. The molecule has 0 radical (unpaired) electrons. The van der Waals surface area contributed by atoms with Crippen LogP contribution in [-0.2, 0) is 0 Å². The average Bonchev–Trinajstić information content (AvgIpc) is 1.78. The Hall–Kier alpha value is -0.343. The summed E-state index contributed by atoms with van der Waals surface area (Å²) in [5.74, 6) is 0. The highest BCUT2D eigenvalue weighted by Gasteiger charge is 2.05. The second-order valence-electron chi connectivity index (χ2n) is 3.34. The monoisotopic (exact) mass is 156 g/mol. The molecule has 0 saturated heterocycles. The van der Waals surface area contributed by atoms with Crippen molar-refractivity contribution in [1.29, 1.82) is 0 Å². The van der Waals surface area contributed by atoms with Crippen molar-refractivity contribution in [2.24, 2.45) is 0 Å². The van der Waals surface area contributed by atoms with Crippen molar-refractivity contribution in [3.8, 4) is 0 Å². The molecular formula is C8H16OSi. The van der Waals surface area contributed by atoms with Gasteiger partial charge < -0.3 is 5.11 Å². The van der Waals surface area contributed by atoms with E-state index in [9.17, 15) is 0 Å². The van der Waals surface area contributed by atoms with Gasteiger partial charge in [0.2, 0.25) is 0 Å². The fourth-order valence-electron chi connectivity index (χ4n) is 0.484. The SMILES string of the molecule is C[Si](C)(C)/C=C/C=C\CO. The van der Waals surface area contributed by atoms with Crippen molar-refractivity contribution in [1.82, 2.24) is 0 Å². The number of allylic oxidation sites excluding steroid dienone is 2. The molecule has 0 aromatic heterocycles. The van der Waals surface area contributed by atoms with Crippen LogP contribution in [0.5, 0.6) is 0 Å². The molecule has 0 heterocycles. The number of hydrogen-bond donors (Lipinski definition) is 1. The van der Waals surface area contributed by atoms with Crippen LogP contribution in [0.1, 0.15) is 0 Å². The molecule has 0 bridgehead atoms. The molecule has 2 heteroatoms. The van der Waals surface area contributed by atoms with Gasteiger partial charge in [-0.3, -0.25) is 0 Å². The van der Waals surface area contributed by atoms with Gasteiger partial charge in [-0.25, -0.2) is 0 Å². The van der Waals surface area contributed by atoms with Gasteiger partial charge in [0.25, 0.3) is 0 Å². The summed E-state index contributed by atoms with van der Waals surface area (Å²) in [5, 5.41) is 8.39. The van der Waals surface area contributed by atoms with Crippen molar-refractivity contribution in [2.75, 3.05) is 6.61 Å². The second-order valence-corrected chi connectivity index (χ2v) is 8.40. The molecule has 1 N–H and O–H groups in total. The first-order chi connectivity index (χ1) is 4.56. The zero-order valence-electron chi connectivity index (χ0n) is 6.96. The lowest BCUT2D eigenvalue weighted by molar-refractivity contribution is 0.343. The summed E-state index contributed by atoms with van der Waals surface area (Å²) < 4.78 is 0. The normalized spacial score (nSPS) is 13.6. The number of rotatable bonds is 3. The van der Waals surface area contributed by atoms with Gasteiger partial charge in [0.15, 0.2) is 0 Å². The van der Waals surface area contributed by atoms with Gasteiger partial charge in [-0.05, 0) is 0 Å². The van der Waals surface area contributed by atoms with E-state index in [4.69, 9.17) is 5.11 Å². The zero-order valence-corrected chi connectivity index (χ0v) is 7.96. The number of hydrogen-bond acceptors (Lipinski definition) is 1. The van der Waals surface area contributed by atoms with E-state index >= 15 is 0 Å². The van der Waals surface area contributed by atoms with Crippen LogP contribution in [0.4, 0.5) is 0 Å². The number of aliphatic hydroxyl groups excluding tert-OH is 1. The van der Waals surface area contributed by atoms with Gasteiger partial charge in [-0.1, -0.05) is 43.6 Å². The standard InChI is InChI=1S/C8H16OSi/c1-10(2,3)8-6-4-5-7-9/h4-6,8-9H,7H2,1-3H3/b5-4-,8-6+. The molecule has 0 aromatic rings. The van der Waals surface area contributed by atoms with Gasteiger partial charge in [-0.15, -0.1) is 0 Å². The Morgan fingerprint density at radius 2 is 1.80 bits per heavy atom. The highest BCUT2D eigenvalue weighted by molar-refractivity contribution is 6.80. The van der Waals surface area contributed by atoms with Crippen molar-refractivity contribution in [3.05, 3.63) is 23.9 Å². The first-order valence-electron chi connectivity index (χ1n) is 3.51. The van der Waals surface area contributed by atoms with Crippen LogP contribution in [0, 0.1) is 0 Å². The van der Waals surface area contributed by atoms with Gasteiger partial charge in [0.05, 0.1) is 14.7 Å². The zero-order chi connectivity index (χ0) is 8.04. The predicted octanol–water partition coefficient (Wildman–Crippen LogP) is 1.97. The molecule has 0 aliphatic carbocycles. The van der Waals surface area contributed by atoms with E-state index in [1.54, 1.807) is 6.08 Å². The highest BCUT2D eigenvalue weighted by Crippen LogP contribution is 2.01. The van der Waals surface area contributed by atoms with Crippen molar-refractivity contribution < 1.29 is 5.11 Å². The van der Waals surface area contributed by atoms with E-state index in [0.29, 0.717) is 0 Å². The minimum atomic E-state index is -1.02. The molecule has 0 fully saturated rings. The van der Waals surface area contributed by atoms with E-state index in [-0.39, 0.29) is 6.61 Å². The molecule has 0 atom stereocenters. The molecule has 0 amide bonds. The Labute approximate surface area is 64.1 Å². The lowest BCUT2D eigenvalue weighted by Crippen LogP contribution is -2.14. The van der Waals surface area contributed by atoms with Crippen LogP contribution in [-0.4, -0.2) is 19.8 Å². The topological polar surface area (TPSA) is 20.2 Å². The molecule has 0 rings (SSSR count). The van der Waals surface area contributed by atoms with Crippen LogP contribution in [0.25, 0.3) is 0 Å². The third-order valence-corrected chi connectivity index (χ3v) is 2.14. The summed E-state index contributed by atoms with van der Waals surface area (Å²) in [4.78, 5) is 0. The maximum absolute atomic E-state index is 8.39. The third kappa shape index (κ3) is 7.66. The molecule has 1 nitrogen and oxygen atoms in total. The Kier molecular flexibility index (Phi) is 4.32. The van der Waals surface area contributed by atoms with Crippen LogP contribution in [0.3, 0.4) is 0 Å². The minimum absolute atomic E-state index is 0.135. The summed E-state index contributed by atoms with van der Waals surface area (Å²) in [7, 11) is -1.02. The Balaban J connectivity index is 3.66. The third-order valence-electron chi connectivity index (χ3n) is 0.949. The molecule has 58 valence electrons. The molecule has 0 aromatic carbocycles. The average molecular weight is 156 g/mol. The Morgan fingerprint density at radius 1 is 1.20 bits per heavy atom. The van der Waals surface area contributed by atoms with Gasteiger partial charge in [-0.2, -0.15) is 0 Å². The molecule has 10 heavy (non-hydrogen) atoms. The van der Waals surface area contributed by atoms with E-state index in [1.165, 1.54) is 0 Å². The first-order valence-corrected chi connectivity index (χ1v) is 7.09. The van der Waals surface area contributed by atoms with Gasteiger partial charge in [0.1, 0.15) is 0 Å². The smallest absolute Gasteiger partial charge is 0.0686 e.